The number of hydrogen-bond acceptors (Lipinski definition) is 6. The molecular formula is C26H30ClFN6O. The highest BCUT2D eigenvalue weighted by Gasteiger charge is 2.07. The lowest BCUT2D eigenvalue weighted by Gasteiger charge is -2.12. The van der Waals surface area contributed by atoms with Crippen molar-refractivity contribution in [3.63, 3.8) is 0 Å². The van der Waals surface area contributed by atoms with Gasteiger partial charge in [0.05, 0.1) is 25.3 Å². The topological polar surface area (TPSA) is 82.9 Å². The summed E-state index contributed by atoms with van der Waals surface area (Å²) < 4.78 is 20.1. The van der Waals surface area contributed by atoms with Crippen molar-refractivity contribution >= 4 is 46.4 Å². The lowest BCUT2D eigenvalue weighted by Crippen LogP contribution is -2.27. The number of anilines is 2. The van der Waals surface area contributed by atoms with E-state index in [9.17, 15) is 4.39 Å². The molecule has 3 aromatic rings. The van der Waals surface area contributed by atoms with Gasteiger partial charge in [-0.1, -0.05) is 11.6 Å². The van der Waals surface area contributed by atoms with Crippen LogP contribution in [0.5, 0.6) is 0 Å². The average Bonchev–Trinajstić information content (AvgIpc) is 2.85. The lowest BCUT2D eigenvalue weighted by molar-refractivity contribution is 0.142. The molecule has 0 fully saturated rings. The van der Waals surface area contributed by atoms with E-state index in [1.807, 2.05) is 32.2 Å². The van der Waals surface area contributed by atoms with Crippen LogP contribution in [0.1, 0.15) is 12.5 Å². The van der Waals surface area contributed by atoms with Crippen molar-refractivity contribution in [2.45, 2.75) is 13.5 Å². The first-order chi connectivity index (χ1) is 17.0. The molecule has 0 saturated heterocycles. The SMILES string of the molecule is C=N/C(C)=C\C(=NCc1cc(Nc2ccnc3cc(Cl)ccc23)ccc1F)NCCOCCNC. The van der Waals surface area contributed by atoms with E-state index in [0.717, 1.165) is 28.8 Å². The Hall–Kier alpha value is -3.33. The van der Waals surface area contributed by atoms with Gasteiger partial charge in [0.25, 0.3) is 0 Å². The van der Waals surface area contributed by atoms with Gasteiger partial charge in [-0.3, -0.25) is 15.0 Å². The zero-order chi connectivity index (χ0) is 25.0. The number of benzene rings is 2. The van der Waals surface area contributed by atoms with E-state index in [1.54, 1.807) is 30.5 Å². The predicted octanol–water partition coefficient (Wildman–Crippen LogP) is 5.10. The summed E-state index contributed by atoms with van der Waals surface area (Å²) in [4.78, 5) is 12.8. The molecule has 1 aromatic heterocycles. The molecule has 7 nitrogen and oxygen atoms in total. The highest BCUT2D eigenvalue weighted by Crippen LogP contribution is 2.28. The average molecular weight is 497 g/mol. The Bertz CT molecular complexity index is 1210. The molecule has 0 saturated carbocycles. The van der Waals surface area contributed by atoms with E-state index in [4.69, 9.17) is 16.3 Å². The Balaban J connectivity index is 1.74. The molecule has 0 aliphatic rings. The van der Waals surface area contributed by atoms with Crippen LogP contribution in [0.4, 0.5) is 15.8 Å². The number of ether oxygens (including phenoxy) is 1. The predicted molar refractivity (Wildman–Crippen MR) is 144 cm³/mol. The molecule has 0 spiro atoms. The van der Waals surface area contributed by atoms with Crippen LogP contribution in [0, 0.1) is 5.82 Å². The molecule has 0 unspecified atom stereocenters. The molecule has 0 atom stereocenters. The highest BCUT2D eigenvalue weighted by molar-refractivity contribution is 6.31. The van der Waals surface area contributed by atoms with Crippen molar-refractivity contribution in [3.8, 4) is 0 Å². The number of hydrogen-bond donors (Lipinski definition) is 3. The fraction of sp³-hybridized carbons (Fsp3) is 0.269. The molecule has 184 valence electrons. The van der Waals surface area contributed by atoms with Gasteiger partial charge < -0.3 is 20.7 Å². The summed E-state index contributed by atoms with van der Waals surface area (Å²) in [5.41, 5.74) is 3.53. The molecule has 0 aliphatic heterocycles. The lowest BCUT2D eigenvalue weighted by atomic mass is 10.1. The van der Waals surface area contributed by atoms with Crippen molar-refractivity contribution in [2.24, 2.45) is 9.98 Å². The van der Waals surface area contributed by atoms with Crippen LogP contribution < -0.4 is 16.0 Å². The minimum Gasteiger partial charge on any atom is -0.378 e. The van der Waals surface area contributed by atoms with Crippen molar-refractivity contribution in [3.05, 3.63) is 76.8 Å². The zero-order valence-electron chi connectivity index (χ0n) is 19.9. The number of allylic oxidation sites excluding steroid dienone is 1. The Morgan fingerprint density at radius 1 is 1.17 bits per heavy atom. The van der Waals surface area contributed by atoms with Gasteiger partial charge in [0.15, 0.2) is 0 Å². The summed E-state index contributed by atoms with van der Waals surface area (Å²) >= 11 is 6.09. The first-order valence-corrected chi connectivity index (χ1v) is 11.6. The molecule has 0 bridgehead atoms. The fourth-order valence-corrected chi connectivity index (χ4v) is 3.42. The number of nitrogens with one attached hydrogen (secondary N) is 3. The van der Waals surface area contributed by atoms with Gasteiger partial charge in [-0.15, -0.1) is 0 Å². The summed E-state index contributed by atoms with van der Waals surface area (Å²) in [6.07, 6.45) is 3.48. The first-order valence-electron chi connectivity index (χ1n) is 11.3. The van der Waals surface area contributed by atoms with Gasteiger partial charge in [0.2, 0.25) is 0 Å². The first kappa shape index (κ1) is 26.3. The van der Waals surface area contributed by atoms with Crippen molar-refractivity contribution in [1.82, 2.24) is 15.6 Å². The molecule has 9 heteroatoms. The Kier molecular flexibility index (Phi) is 10.2. The van der Waals surface area contributed by atoms with Crippen LogP contribution in [0.3, 0.4) is 0 Å². The third-order valence-corrected chi connectivity index (χ3v) is 5.33. The van der Waals surface area contributed by atoms with E-state index < -0.39 is 0 Å². The van der Waals surface area contributed by atoms with Gasteiger partial charge >= 0.3 is 0 Å². The molecule has 1 heterocycles. The van der Waals surface area contributed by atoms with Gasteiger partial charge in [-0.25, -0.2) is 4.39 Å². The van der Waals surface area contributed by atoms with Gasteiger partial charge in [0.1, 0.15) is 11.7 Å². The quantitative estimate of drug-likeness (QED) is 0.184. The zero-order valence-corrected chi connectivity index (χ0v) is 20.7. The summed E-state index contributed by atoms with van der Waals surface area (Å²) in [5, 5.41) is 11.1. The Morgan fingerprint density at radius 2 is 2.00 bits per heavy atom. The number of nitrogens with zero attached hydrogens (tertiary/aromatic N) is 3. The molecular weight excluding hydrogens is 467 g/mol. The van der Waals surface area contributed by atoms with Gasteiger partial charge in [-0.05, 0) is 63.2 Å². The van der Waals surface area contributed by atoms with Crippen LogP contribution in [-0.4, -0.2) is 50.9 Å². The van der Waals surface area contributed by atoms with E-state index in [0.29, 0.717) is 41.9 Å². The highest BCUT2D eigenvalue weighted by atomic mass is 35.5. The largest absolute Gasteiger partial charge is 0.378 e. The van der Waals surface area contributed by atoms with Gasteiger partial charge in [-0.2, -0.15) is 0 Å². The van der Waals surface area contributed by atoms with Crippen LogP contribution in [0.15, 0.2) is 70.4 Å². The van der Waals surface area contributed by atoms with Crippen molar-refractivity contribution in [1.29, 1.82) is 0 Å². The van der Waals surface area contributed by atoms with E-state index in [1.165, 1.54) is 6.07 Å². The normalized spacial score (nSPS) is 12.1. The maximum atomic E-state index is 14.6. The number of aromatic nitrogens is 1. The number of likely N-dealkylation sites (N-methyl/N-ethyl adjacent to an activating group) is 1. The number of pyridine rings is 1. The summed E-state index contributed by atoms with van der Waals surface area (Å²) in [6, 6.07) is 12.3. The number of fused-ring (bicyclic) bond motifs is 1. The minimum absolute atomic E-state index is 0.151. The Morgan fingerprint density at radius 3 is 2.80 bits per heavy atom. The van der Waals surface area contributed by atoms with Crippen LogP contribution >= 0.6 is 11.6 Å². The maximum absolute atomic E-state index is 14.6. The molecule has 3 rings (SSSR count). The van der Waals surface area contributed by atoms with Crippen LogP contribution in [-0.2, 0) is 11.3 Å². The molecule has 0 radical (unpaired) electrons. The summed E-state index contributed by atoms with van der Waals surface area (Å²) in [6.45, 7) is 8.01. The van der Waals surface area contributed by atoms with E-state index >= 15 is 0 Å². The second kappa shape index (κ2) is 13.5. The van der Waals surface area contributed by atoms with Crippen molar-refractivity contribution < 1.29 is 9.13 Å². The van der Waals surface area contributed by atoms with Crippen LogP contribution in [0.25, 0.3) is 10.9 Å². The van der Waals surface area contributed by atoms with Crippen LogP contribution in [0.2, 0.25) is 5.02 Å². The second-order valence-corrected chi connectivity index (χ2v) is 8.18. The van der Waals surface area contributed by atoms with E-state index in [2.05, 4.69) is 37.6 Å². The molecule has 3 N–H and O–H groups in total. The smallest absolute Gasteiger partial charge is 0.128 e. The molecule has 0 amide bonds. The van der Waals surface area contributed by atoms with Gasteiger partial charge in [0, 0.05) is 58.4 Å². The monoisotopic (exact) mass is 496 g/mol. The third kappa shape index (κ3) is 8.13. The maximum Gasteiger partial charge on any atom is 0.128 e. The van der Waals surface area contributed by atoms with E-state index in [-0.39, 0.29) is 12.4 Å². The summed E-state index contributed by atoms with van der Waals surface area (Å²) in [7, 11) is 1.88. The number of aliphatic imine (C=N–C) groups is 2. The molecule has 0 aliphatic carbocycles. The third-order valence-electron chi connectivity index (χ3n) is 5.09. The second-order valence-electron chi connectivity index (χ2n) is 7.74. The number of halogens is 2. The number of amidine groups is 1. The fourth-order valence-electron chi connectivity index (χ4n) is 3.25. The number of rotatable bonds is 12. The minimum atomic E-state index is -0.331. The Labute approximate surface area is 210 Å². The molecule has 2 aromatic carbocycles. The standard InChI is InChI=1S/C26H30ClFN6O/c1-18(30-3)14-26(32-11-13-35-12-10-29-2)33-17-19-15-21(5-7-23(19)28)34-24-8-9-31-25-16-20(27)4-6-22(24)25/h4-9,14-16,29H,3,10-13,17H2,1-2H3,(H,31,34)(H,32,33)/b18-14-. The van der Waals surface area contributed by atoms with Crippen molar-refractivity contribution in [2.75, 3.05) is 38.7 Å². The molecule has 35 heavy (non-hydrogen) atoms. The summed E-state index contributed by atoms with van der Waals surface area (Å²) in [5.74, 6) is 0.254.